The predicted octanol–water partition coefficient (Wildman–Crippen LogP) is -0.265. The Kier molecular flexibility index (Phi) is 3.35. The van der Waals surface area contributed by atoms with Gasteiger partial charge in [0.25, 0.3) is 11.0 Å². The smallest absolute Gasteiger partial charge is 0.324 e. The number of hydrogen-bond donors (Lipinski definition) is 2. The molecule has 0 saturated carbocycles. The van der Waals surface area contributed by atoms with Crippen LogP contribution >= 0.6 is 7.60 Å². The second-order valence-electron chi connectivity index (χ2n) is 1.26. The van der Waals surface area contributed by atoms with Gasteiger partial charge in [-0.05, 0) is 0 Å². The Bertz CT molecular complexity index is 187. The van der Waals surface area contributed by atoms with Crippen molar-refractivity contribution >= 4 is 18.6 Å². The molecule has 1 unspecified atom stereocenters. The first-order chi connectivity index (χ1) is 3.98. The van der Waals surface area contributed by atoms with E-state index in [4.69, 9.17) is 4.89 Å². The topological polar surface area (TPSA) is 80.7 Å². The van der Waals surface area contributed by atoms with Crippen LogP contribution in [0.5, 0.6) is 0 Å². The lowest BCUT2D eigenvalue weighted by Crippen LogP contribution is -1.88. The third-order valence-corrected chi connectivity index (χ3v) is 2.95. The summed E-state index contributed by atoms with van der Waals surface area (Å²) in [6, 6.07) is 0. The lowest BCUT2D eigenvalue weighted by Gasteiger charge is -2.00. The van der Waals surface area contributed by atoms with Gasteiger partial charge in [-0.25, -0.2) is 8.42 Å². The fourth-order valence-electron chi connectivity index (χ4n) is 0.162. The summed E-state index contributed by atoms with van der Waals surface area (Å²) in [5.41, 5.74) is 0. The van der Waals surface area contributed by atoms with Crippen LogP contribution in [0, 0.1) is 0 Å². The van der Waals surface area contributed by atoms with Crippen LogP contribution in [0.15, 0.2) is 0 Å². The molecular weight excluding hydrogens is 167 g/mol. The standard InChI is InChI=1S/C2H7O5PS/c1-2-8(3,4)7-9(5)6/h9H,2H2,1H3,(H,3,4). The first-order valence-corrected chi connectivity index (χ1v) is 4.99. The highest BCUT2D eigenvalue weighted by atomic mass is 32.2. The summed E-state index contributed by atoms with van der Waals surface area (Å²) in [6.45, 7) is 1.36. The van der Waals surface area contributed by atoms with Crippen molar-refractivity contribution in [1.82, 2.24) is 0 Å². The van der Waals surface area contributed by atoms with Crippen LogP contribution in [-0.4, -0.2) is 19.5 Å². The zero-order valence-corrected chi connectivity index (χ0v) is 6.47. The van der Waals surface area contributed by atoms with Crippen LogP contribution in [0.1, 0.15) is 6.92 Å². The molecule has 0 fully saturated rings. The quantitative estimate of drug-likeness (QED) is 0.455. The summed E-state index contributed by atoms with van der Waals surface area (Å²) in [7, 11) is -7.03. The first-order valence-electron chi connectivity index (χ1n) is 2.14. The fourth-order valence-corrected chi connectivity index (χ4v) is 1.46. The van der Waals surface area contributed by atoms with E-state index in [1.807, 2.05) is 0 Å². The molecule has 0 heterocycles. The van der Waals surface area contributed by atoms with Crippen molar-refractivity contribution in [3.8, 4) is 0 Å². The number of thiol groups is 1. The van der Waals surface area contributed by atoms with Gasteiger partial charge in [0.15, 0.2) is 0 Å². The Labute approximate surface area is 54.3 Å². The van der Waals surface area contributed by atoms with Gasteiger partial charge in [-0.3, -0.25) is 4.57 Å². The highest BCUT2D eigenvalue weighted by Gasteiger charge is 2.16. The number of hydrogen-bond acceptors (Lipinski definition) is 4. The van der Waals surface area contributed by atoms with Crippen LogP contribution in [-0.2, 0) is 19.5 Å². The Morgan fingerprint density at radius 2 is 2.11 bits per heavy atom. The van der Waals surface area contributed by atoms with E-state index in [2.05, 4.69) is 3.97 Å². The normalized spacial score (nSPS) is 17.7. The maximum atomic E-state index is 10.3. The van der Waals surface area contributed by atoms with Gasteiger partial charge in [-0.2, -0.15) is 3.97 Å². The molecule has 0 saturated heterocycles. The molecule has 0 amide bonds. The van der Waals surface area contributed by atoms with Gasteiger partial charge in [0.2, 0.25) is 0 Å². The van der Waals surface area contributed by atoms with E-state index in [9.17, 15) is 13.0 Å². The molecule has 0 aliphatic heterocycles. The molecule has 0 aliphatic rings. The molecule has 0 spiro atoms. The molecule has 7 heteroatoms. The maximum absolute atomic E-state index is 10.3. The zero-order valence-electron chi connectivity index (χ0n) is 4.68. The first kappa shape index (κ1) is 9.10. The molecule has 0 bridgehead atoms. The molecule has 1 N–H and O–H groups in total. The number of rotatable bonds is 3. The molecule has 9 heavy (non-hydrogen) atoms. The third-order valence-electron chi connectivity index (χ3n) is 0.594. The second-order valence-corrected chi connectivity index (χ2v) is 4.27. The van der Waals surface area contributed by atoms with Crippen molar-refractivity contribution in [2.75, 3.05) is 6.16 Å². The summed E-state index contributed by atoms with van der Waals surface area (Å²) >= 11 is 0. The monoisotopic (exact) mass is 174 g/mol. The highest BCUT2D eigenvalue weighted by molar-refractivity contribution is 7.75. The van der Waals surface area contributed by atoms with Crippen molar-refractivity contribution in [2.24, 2.45) is 0 Å². The average Bonchev–Trinajstić information content (AvgIpc) is 1.63. The summed E-state index contributed by atoms with van der Waals surface area (Å²) in [5.74, 6) is 0. The van der Waals surface area contributed by atoms with E-state index in [0.717, 1.165) is 0 Å². The molecule has 0 aromatic carbocycles. The van der Waals surface area contributed by atoms with Gasteiger partial charge in [0.1, 0.15) is 0 Å². The summed E-state index contributed by atoms with van der Waals surface area (Å²) < 4.78 is 33.3. The molecular formula is C2H7O5PS. The average molecular weight is 174 g/mol. The highest BCUT2D eigenvalue weighted by Crippen LogP contribution is 2.40. The summed E-state index contributed by atoms with van der Waals surface area (Å²) in [6.07, 6.45) is -0.198. The van der Waals surface area contributed by atoms with Crippen molar-refractivity contribution in [1.29, 1.82) is 0 Å². The van der Waals surface area contributed by atoms with Crippen LogP contribution in [0.25, 0.3) is 0 Å². The van der Waals surface area contributed by atoms with E-state index < -0.39 is 18.6 Å². The van der Waals surface area contributed by atoms with E-state index in [1.165, 1.54) is 6.92 Å². The van der Waals surface area contributed by atoms with Crippen molar-refractivity contribution in [2.45, 2.75) is 6.92 Å². The van der Waals surface area contributed by atoms with Gasteiger partial charge in [0, 0.05) is 6.16 Å². The minimum atomic E-state index is -3.83. The lowest BCUT2D eigenvalue weighted by atomic mass is 11.0. The maximum Gasteiger partial charge on any atom is 0.342 e. The second kappa shape index (κ2) is 3.31. The summed E-state index contributed by atoms with van der Waals surface area (Å²) in [4.78, 5) is 8.44. The molecule has 0 aliphatic carbocycles. The van der Waals surface area contributed by atoms with Crippen molar-refractivity contribution in [3.63, 3.8) is 0 Å². The Morgan fingerprint density at radius 3 is 2.22 bits per heavy atom. The molecule has 1 atom stereocenters. The molecule has 5 nitrogen and oxygen atoms in total. The van der Waals surface area contributed by atoms with Gasteiger partial charge >= 0.3 is 7.60 Å². The zero-order chi connectivity index (χ0) is 7.49. The van der Waals surface area contributed by atoms with Crippen LogP contribution in [0.4, 0.5) is 0 Å². The van der Waals surface area contributed by atoms with Crippen LogP contribution in [0.2, 0.25) is 0 Å². The molecule has 56 valence electrons. The van der Waals surface area contributed by atoms with E-state index in [0.29, 0.717) is 0 Å². The minimum absolute atomic E-state index is 0.198. The molecule has 0 radical (unpaired) electrons. The Hall–Kier alpha value is 0.1000. The van der Waals surface area contributed by atoms with E-state index >= 15 is 0 Å². The molecule has 0 rings (SSSR count). The van der Waals surface area contributed by atoms with Crippen LogP contribution < -0.4 is 0 Å². The predicted molar refractivity (Wildman–Crippen MR) is 31.8 cm³/mol. The molecule has 0 aromatic rings. The SMILES string of the molecule is CCP(=O)(O)O[SH](=O)=O. The van der Waals surface area contributed by atoms with Crippen molar-refractivity contribution in [3.05, 3.63) is 0 Å². The van der Waals surface area contributed by atoms with Gasteiger partial charge in [-0.1, -0.05) is 6.92 Å². The van der Waals surface area contributed by atoms with Crippen molar-refractivity contribution < 1.29 is 21.8 Å². The van der Waals surface area contributed by atoms with Gasteiger partial charge in [-0.15, -0.1) is 0 Å². The van der Waals surface area contributed by atoms with Gasteiger partial charge < -0.3 is 4.89 Å². The fraction of sp³-hybridized carbons (Fsp3) is 1.00. The molecule has 0 aromatic heterocycles. The van der Waals surface area contributed by atoms with E-state index in [-0.39, 0.29) is 6.16 Å². The Morgan fingerprint density at radius 1 is 1.67 bits per heavy atom. The van der Waals surface area contributed by atoms with Gasteiger partial charge in [0.05, 0.1) is 0 Å². The largest absolute Gasteiger partial charge is 0.342 e. The van der Waals surface area contributed by atoms with Crippen LogP contribution in [0.3, 0.4) is 0 Å². The van der Waals surface area contributed by atoms with E-state index in [1.54, 1.807) is 0 Å². The minimum Gasteiger partial charge on any atom is -0.324 e. The Balaban J connectivity index is 4.04. The third kappa shape index (κ3) is 4.59. The lowest BCUT2D eigenvalue weighted by molar-refractivity contribution is 0.386. The summed E-state index contributed by atoms with van der Waals surface area (Å²) in [5, 5.41) is 0.